The van der Waals surface area contributed by atoms with Gasteiger partial charge in [0.05, 0.1) is 24.5 Å². The summed E-state index contributed by atoms with van der Waals surface area (Å²) in [5.74, 6) is -2.99. The first kappa shape index (κ1) is 23.2. The maximum atomic E-state index is 14.6. The molecule has 2 aromatic carbocycles. The number of ether oxygens (including phenoxy) is 2. The molecule has 0 aliphatic rings. The van der Waals surface area contributed by atoms with Gasteiger partial charge >= 0.3 is 11.7 Å². The number of aromatic nitrogens is 4. The van der Waals surface area contributed by atoms with Gasteiger partial charge in [-0.25, -0.2) is 27.7 Å². The number of esters is 1. The van der Waals surface area contributed by atoms with E-state index >= 15 is 0 Å². The fourth-order valence-corrected chi connectivity index (χ4v) is 3.72. The second-order valence-corrected chi connectivity index (χ2v) is 7.78. The second-order valence-electron chi connectivity index (χ2n) is 6.92. The molecule has 0 saturated carbocycles. The summed E-state index contributed by atoms with van der Waals surface area (Å²) in [6, 6.07) is 7.16. The number of nitrogens with zero attached hydrogens (tertiary/aromatic N) is 4. The van der Waals surface area contributed by atoms with Gasteiger partial charge in [0.1, 0.15) is 24.6 Å². The van der Waals surface area contributed by atoms with E-state index in [9.17, 15) is 22.8 Å². The number of rotatable bonds is 8. The van der Waals surface area contributed by atoms with E-state index in [4.69, 9.17) is 9.47 Å². The summed E-state index contributed by atoms with van der Waals surface area (Å²) in [6.45, 7) is 1.45. The molecule has 0 N–H and O–H groups in total. The van der Waals surface area contributed by atoms with E-state index in [1.807, 2.05) is 0 Å². The lowest BCUT2D eigenvalue weighted by Gasteiger charge is -2.07. The van der Waals surface area contributed by atoms with E-state index in [1.165, 1.54) is 18.2 Å². The second kappa shape index (κ2) is 9.91. The Labute approximate surface area is 194 Å². The highest BCUT2D eigenvalue weighted by molar-refractivity contribution is 7.11. The van der Waals surface area contributed by atoms with Gasteiger partial charge in [0.2, 0.25) is 5.01 Å². The largest absolute Gasteiger partial charge is 0.484 e. The Hall–Kier alpha value is -3.93. The summed E-state index contributed by atoms with van der Waals surface area (Å²) in [5.41, 5.74) is -0.468. The molecule has 0 radical (unpaired) electrons. The van der Waals surface area contributed by atoms with Gasteiger partial charge in [0.25, 0.3) is 0 Å². The molecule has 0 saturated heterocycles. The quantitative estimate of drug-likeness (QED) is 0.350. The van der Waals surface area contributed by atoms with Gasteiger partial charge in [0, 0.05) is 17.0 Å². The van der Waals surface area contributed by atoms with Gasteiger partial charge < -0.3 is 9.47 Å². The van der Waals surface area contributed by atoms with Crippen molar-refractivity contribution in [2.75, 3.05) is 6.61 Å². The van der Waals surface area contributed by atoms with E-state index in [0.717, 1.165) is 45.1 Å². The molecule has 0 aliphatic heterocycles. The van der Waals surface area contributed by atoms with Crippen LogP contribution >= 0.6 is 11.3 Å². The molecular formula is C22H17F3N4O4S. The van der Waals surface area contributed by atoms with Crippen LogP contribution in [0.4, 0.5) is 13.2 Å². The predicted molar refractivity (Wildman–Crippen MR) is 116 cm³/mol. The summed E-state index contributed by atoms with van der Waals surface area (Å²) in [6.07, 6.45) is 1.11. The van der Waals surface area contributed by atoms with Crippen molar-refractivity contribution in [3.63, 3.8) is 0 Å². The van der Waals surface area contributed by atoms with Crippen molar-refractivity contribution < 1.29 is 27.4 Å². The maximum absolute atomic E-state index is 14.6. The number of carbonyl (C=O) groups excluding carboxylic acids is 1. The number of halogens is 3. The summed E-state index contributed by atoms with van der Waals surface area (Å²) in [7, 11) is 0. The van der Waals surface area contributed by atoms with Crippen molar-refractivity contribution in [2.24, 2.45) is 0 Å². The van der Waals surface area contributed by atoms with E-state index in [0.29, 0.717) is 5.69 Å². The lowest BCUT2D eigenvalue weighted by atomic mass is 10.2. The molecule has 176 valence electrons. The SMILES string of the molecule is CCOC(=O)c1nc(COc2ccc(-n3ncn(Cc4c(F)cccc4F)c3=O)cc2F)cs1. The van der Waals surface area contributed by atoms with Crippen LogP contribution in [0.15, 0.2) is 52.9 Å². The van der Waals surface area contributed by atoms with Crippen LogP contribution in [0.25, 0.3) is 5.69 Å². The van der Waals surface area contributed by atoms with Gasteiger partial charge in [0.15, 0.2) is 11.6 Å². The summed E-state index contributed by atoms with van der Waals surface area (Å²) >= 11 is 1.09. The number of benzene rings is 2. The fraction of sp³-hybridized carbons (Fsp3) is 0.182. The number of carbonyl (C=O) groups is 1. The highest BCUT2D eigenvalue weighted by Gasteiger charge is 2.16. The van der Waals surface area contributed by atoms with Crippen molar-refractivity contribution in [2.45, 2.75) is 20.1 Å². The van der Waals surface area contributed by atoms with Crippen LogP contribution in [0, 0.1) is 17.5 Å². The zero-order valence-electron chi connectivity index (χ0n) is 17.7. The first-order valence-electron chi connectivity index (χ1n) is 9.99. The average Bonchev–Trinajstić information content (AvgIpc) is 3.43. The minimum absolute atomic E-state index is 0.0883. The third-order valence-electron chi connectivity index (χ3n) is 4.66. The maximum Gasteiger partial charge on any atom is 0.367 e. The highest BCUT2D eigenvalue weighted by Crippen LogP contribution is 2.22. The Morgan fingerprint density at radius 3 is 2.59 bits per heavy atom. The van der Waals surface area contributed by atoms with Gasteiger partial charge in [-0.3, -0.25) is 4.57 Å². The molecule has 2 heterocycles. The van der Waals surface area contributed by atoms with Crippen LogP contribution < -0.4 is 10.4 Å². The standard InChI is InChI=1S/C22H17F3N4O4S/c1-2-32-21(30)20-27-13(11-34-20)10-33-19-7-6-14(8-18(19)25)29-22(31)28(12-26-29)9-15-16(23)4-3-5-17(15)24/h3-8,11-12H,2,9-10H2,1H3. The summed E-state index contributed by atoms with van der Waals surface area (Å²) < 4.78 is 54.6. The Balaban J connectivity index is 1.47. The van der Waals surface area contributed by atoms with Gasteiger partial charge in [-0.2, -0.15) is 9.78 Å². The molecule has 34 heavy (non-hydrogen) atoms. The highest BCUT2D eigenvalue weighted by atomic mass is 32.1. The van der Waals surface area contributed by atoms with Crippen molar-refractivity contribution in [1.29, 1.82) is 0 Å². The van der Waals surface area contributed by atoms with E-state index < -0.39 is 29.1 Å². The minimum Gasteiger partial charge on any atom is -0.484 e. The minimum atomic E-state index is -0.790. The smallest absolute Gasteiger partial charge is 0.367 e. The van der Waals surface area contributed by atoms with Crippen molar-refractivity contribution in [3.05, 3.63) is 92.3 Å². The molecule has 0 spiro atoms. The van der Waals surface area contributed by atoms with Crippen molar-refractivity contribution >= 4 is 17.3 Å². The third-order valence-corrected chi connectivity index (χ3v) is 5.53. The van der Waals surface area contributed by atoms with E-state index in [-0.39, 0.29) is 41.8 Å². The zero-order chi connectivity index (χ0) is 24.2. The Kier molecular flexibility index (Phi) is 6.77. The van der Waals surface area contributed by atoms with Crippen LogP contribution in [0.5, 0.6) is 5.75 Å². The van der Waals surface area contributed by atoms with Gasteiger partial charge in [-0.15, -0.1) is 11.3 Å². The molecule has 4 aromatic rings. The van der Waals surface area contributed by atoms with Gasteiger partial charge in [-0.05, 0) is 31.2 Å². The molecule has 4 rings (SSSR count). The monoisotopic (exact) mass is 490 g/mol. The first-order valence-corrected chi connectivity index (χ1v) is 10.9. The summed E-state index contributed by atoms with van der Waals surface area (Å²) in [5, 5.41) is 5.67. The average molecular weight is 490 g/mol. The molecule has 2 aromatic heterocycles. The molecule has 12 heteroatoms. The fourth-order valence-electron chi connectivity index (χ4n) is 3.02. The number of thiazole rings is 1. The van der Waals surface area contributed by atoms with Crippen LogP contribution in [-0.4, -0.2) is 31.9 Å². The third kappa shape index (κ3) is 4.86. The number of hydrogen-bond donors (Lipinski definition) is 0. The van der Waals surface area contributed by atoms with E-state index in [2.05, 4.69) is 10.1 Å². The number of hydrogen-bond acceptors (Lipinski definition) is 7. The predicted octanol–water partition coefficient (Wildman–Crippen LogP) is 3.71. The zero-order valence-corrected chi connectivity index (χ0v) is 18.5. The molecule has 0 unspecified atom stereocenters. The van der Waals surface area contributed by atoms with Crippen LogP contribution in [0.1, 0.15) is 28.0 Å². The lowest BCUT2D eigenvalue weighted by Crippen LogP contribution is -2.24. The van der Waals surface area contributed by atoms with Crippen LogP contribution in [0.3, 0.4) is 0 Å². The Morgan fingerprint density at radius 2 is 1.88 bits per heavy atom. The molecule has 0 atom stereocenters. The first-order chi connectivity index (χ1) is 16.4. The van der Waals surface area contributed by atoms with Crippen LogP contribution in [0.2, 0.25) is 0 Å². The molecule has 0 amide bonds. The summed E-state index contributed by atoms with van der Waals surface area (Å²) in [4.78, 5) is 28.4. The molecular weight excluding hydrogens is 473 g/mol. The Morgan fingerprint density at radius 1 is 1.12 bits per heavy atom. The lowest BCUT2D eigenvalue weighted by molar-refractivity contribution is 0.0525. The molecule has 0 bridgehead atoms. The van der Waals surface area contributed by atoms with Crippen molar-refractivity contribution in [1.82, 2.24) is 19.3 Å². The molecule has 0 fully saturated rings. The van der Waals surface area contributed by atoms with Crippen molar-refractivity contribution in [3.8, 4) is 11.4 Å². The van der Waals surface area contributed by atoms with Gasteiger partial charge in [-0.1, -0.05) is 6.07 Å². The normalized spacial score (nSPS) is 10.9. The van der Waals surface area contributed by atoms with E-state index in [1.54, 1.807) is 12.3 Å². The molecule has 8 nitrogen and oxygen atoms in total. The molecule has 0 aliphatic carbocycles. The Bertz CT molecular complexity index is 1380. The van der Waals surface area contributed by atoms with Crippen LogP contribution in [-0.2, 0) is 17.9 Å². The topological polar surface area (TPSA) is 88.2 Å².